The molecule has 2 rings (SSSR count). The van der Waals surface area contributed by atoms with E-state index in [0.717, 1.165) is 24.2 Å². The predicted molar refractivity (Wildman–Crippen MR) is 82.6 cm³/mol. The minimum absolute atomic E-state index is 0.0246. The molecule has 1 saturated heterocycles. The molecule has 8 heteroatoms. The van der Waals surface area contributed by atoms with Gasteiger partial charge in [0.2, 0.25) is 0 Å². The summed E-state index contributed by atoms with van der Waals surface area (Å²) in [5.74, 6) is -0.266. The smallest absolute Gasteiger partial charge is 0.271 e. The first-order chi connectivity index (χ1) is 9.60. The SMILES string of the molecule is Cc1c(C(=O)NC2CCOC(C)(C)C2)csc1S(=O)(=O)Cl. The zero-order chi connectivity index (χ0) is 15.8. The molecule has 118 valence electrons. The van der Waals surface area contributed by atoms with Crippen LogP contribution in [-0.4, -0.2) is 32.6 Å². The number of hydrogen-bond donors (Lipinski definition) is 1. The van der Waals surface area contributed by atoms with Gasteiger partial charge in [-0.15, -0.1) is 11.3 Å². The van der Waals surface area contributed by atoms with Crippen LogP contribution in [0.25, 0.3) is 0 Å². The Balaban J connectivity index is 2.13. The van der Waals surface area contributed by atoms with Gasteiger partial charge in [-0.2, -0.15) is 0 Å². The van der Waals surface area contributed by atoms with Gasteiger partial charge in [-0.05, 0) is 39.2 Å². The molecule has 21 heavy (non-hydrogen) atoms. The number of amides is 1. The van der Waals surface area contributed by atoms with E-state index in [1.165, 1.54) is 5.38 Å². The van der Waals surface area contributed by atoms with Crippen LogP contribution in [0, 0.1) is 6.92 Å². The molecule has 1 fully saturated rings. The van der Waals surface area contributed by atoms with Crippen molar-refractivity contribution < 1.29 is 17.9 Å². The zero-order valence-electron chi connectivity index (χ0n) is 12.1. The van der Waals surface area contributed by atoms with Crippen molar-refractivity contribution in [3.63, 3.8) is 0 Å². The number of carbonyl (C=O) groups is 1. The molecule has 1 unspecified atom stereocenters. The van der Waals surface area contributed by atoms with E-state index in [0.29, 0.717) is 17.7 Å². The summed E-state index contributed by atoms with van der Waals surface area (Å²) in [6.07, 6.45) is 1.47. The summed E-state index contributed by atoms with van der Waals surface area (Å²) >= 11 is 0.968. The molecule has 0 bridgehead atoms. The van der Waals surface area contributed by atoms with E-state index in [1.54, 1.807) is 6.92 Å². The molecule has 1 aliphatic rings. The molecule has 1 atom stereocenters. The Morgan fingerprint density at radius 1 is 1.52 bits per heavy atom. The van der Waals surface area contributed by atoms with Gasteiger partial charge in [0.25, 0.3) is 15.0 Å². The van der Waals surface area contributed by atoms with Crippen LogP contribution in [0.15, 0.2) is 9.59 Å². The number of rotatable bonds is 3. The molecule has 2 heterocycles. The van der Waals surface area contributed by atoms with Gasteiger partial charge in [0.1, 0.15) is 4.21 Å². The summed E-state index contributed by atoms with van der Waals surface area (Å²) in [6.45, 7) is 6.16. The van der Waals surface area contributed by atoms with E-state index in [1.807, 2.05) is 13.8 Å². The molecule has 0 aromatic carbocycles. The summed E-state index contributed by atoms with van der Waals surface area (Å²) in [6, 6.07) is 0.0246. The first kappa shape index (κ1) is 16.7. The van der Waals surface area contributed by atoms with Gasteiger partial charge in [-0.25, -0.2) is 8.42 Å². The van der Waals surface area contributed by atoms with Gasteiger partial charge in [-0.3, -0.25) is 4.79 Å². The van der Waals surface area contributed by atoms with Crippen LogP contribution in [0.1, 0.15) is 42.6 Å². The third kappa shape index (κ3) is 3.97. The summed E-state index contributed by atoms with van der Waals surface area (Å²) in [4.78, 5) is 12.3. The highest BCUT2D eigenvalue weighted by Crippen LogP contribution is 2.30. The van der Waals surface area contributed by atoms with E-state index < -0.39 is 9.05 Å². The van der Waals surface area contributed by atoms with E-state index in [-0.39, 0.29) is 21.8 Å². The average molecular weight is 352 g/mol. The monoisotopic (exact) mass is 351 g/mol. The molecule has 1 aromatic heterocycles. The fourth-order valence-corrected chi connectivity index (χ4v) is 5.03. The minimum Gasteiger partial charge on any atom is -0.375 e. The normalized spacial score (nSPS) is 22.0. The van der Waals surface area contributed by atoms with Crippen LogP contribution >= 0.6 is 22.0 Å². The maximum atomic E-state index is 12.3. The van der Waals surface area contributed by atoms with Crippen molar-refractivity contribution in [2.24, 2.45) is 0 Å². The van der Waals surface area contributed by atoms with Crippen molar-refractivity contribution in [2.45, 2.75) is 49.5 Å². The van der Waals surface area contributed by atoms with Crippen LogP contribution < -0.4 is 5.32 Å². The van der Waals surface area contributed by atoms with Gasteiger partial charge in [-0.1, -0.05) is 0 Å². The lowest BCUT2D eigenvalue weighted by atomic mass is 9.94. The Hall–Kier alpha value is -0.630. The van der Waals surface area contributed by atoms with Crippen LogP contribution in [-0.2, 0) is 13.8 Å². The highest BCUT2D eigenvalue weighted by atomic mass is 35.7. The lowest BCUT2D eigenvalue weighted by Crippen LogP contribution is -2.45. The second kappa shape index (κ2) is 5.87. The number of nitrogens with one attached hydrogen (secondary N) is 1. The lowest BCUT2D eigenvalue weighted by Gasteiger charge is -2.35. The largest absolute Gasteiger partial charge is 0.375 e. The number of hydrogen-bond acceptors (Lipinski definition) is 5. The first-order valence-electron chi connectivity index (χ1n) is 6.58. The van der Waals surface area contributed by atoms with Crippen LogP contribution in [0.3, 0.4) is 0 Å². The Kier molecular flexibility index (Phi) is 4.68. The van der Waals surface area contributed by atoms with E-state index in [4.69, 9.17) is 15.4 Å². The Morgan fingerprint density at radius 2 is 2.19 bits per heavy atom. The zero-order valence-corrected chi connectivity index (χ0v) is 14.5. The fraction of sp³-hybridized carbons (Fsp3) is 0.615. The van der Waals surface area contributed by atoms with E-state index in [9.17, 15) is 13.2 Å². The maximum Gasteiger partial charge on any atom is 0.271 e. The van der Waals surface area contributed by atoms with Crippen LogP contribution in [0.4, 0.5) is 0 Å². The van der Waals surface area contributed by atoms with Crippen molar-refractivity contribution in [1.29, 1.82) is 0 Å². The molecule has 1 N–H and O–H groups in total. The standard InChI is InChI=1S/C13H18ClNO4S2/c1-8-10(7-20-12(8)21(14,17)18)11(16)15-9-4-5-19-13(2,3)6-9/h7,9H,4-6H2,1-3H3,(H,15,16). The fourth-order valence-electron chi connectivity index (χ4n) is 2.48. The Bertz CT molecular complexity index is 651. The molecule has 0 saturated carbocycles. The van der Waals surface area contributed by atoms with Gasteiger partial charge in [0.05, 0.1) is 11.2 Å². The third-order valence-corrected chi connectivity index (χ3v) is 6.80. The average Bonchev–Trinajstić information content (AvgIpc) is 2.69. The molecule has 1 aliphatic heterocycles. The number of halogens is 1. The molecular formula is C13H18ClNO4S2. The van der Waals surface area contributed by atoms with Gasteiger partial charge < -0.3 is 10.1 Å². The van der Waals surface area contributed by atoms with Gasteiger partial charge in [0.15, 0.2) is 0 Å². The number of ether oxygens (including phenoxy) is 1. The number of carbonyl (C=O) groups excluding carboxylic acids is 1. The maximum absolute atomic E-state index is 12.3. The lowest BCUT2D eigenvalue weighted by molar-refractivity contribution is -0.0615. The molecule has 1 aromatic rings. The van der Waals surface area contributed by atoms with E-state index in [2.05, 4.69) is 5.32 Å². The third-order valence-electron chi connectivity index (χ3n) is 3.49. The predicted octanol–water partition coefficient (Wildman–Crippen LogP) is 2.67. The summed E-state index contributed by atoms with van der Waals surface area (Å²) in [7, 11) is 1.54. The summed E-state index contributed by atoms with van der Waals surface area (Å²) in [5.41, 5.74) is 0.507. The second-order valence-corrected chi connectivity index (χ2v) is 9.41. The first-order valence-corrected chi connectivity index (χ1v) is 9.76. The quantitative estimate of drug-likeness (QED) is 0.850. The van der Waals surface area contributed by atoms with Gasteiger partial charge in [0, 0.05) is 28.7 Å². The highest BCUT2D eigenvalue weighted by molar-refractivity contribution is 8.15. The Labute approximate surface area is 133 Å². The molecule has 0 spiro atoms. The second-order valence-electron chi connectivity index (χ2n) is 5.77. The van der Waals surface area contributed by atoms with Crippen LogP contribution in [0.2, 0.25) is 0 Å². The van der Waals surface area contributed by atoms with Crippen molar-refractivity contribution in [1.82, 2.24) is 5.32 Å². The summed E-state index contributed by atoms with van der Waals surface area (Å²) < 4.78 is 28.4. The molecule has 0 radical (unpaired) electrons. The highest BCUT2D eigenvalue weighted by Gasteiger charge is 2.30. The molecule has 5 nitrogen and oxygen atoms in total. The Morgan fingerprint density at radius 3 is 2.71 bits per heavy atom. The molecule has 0 aliphatic carbocycles. The van der Waals surface area contributed by atoms with Crippen molar-refractivity contribution in [3.8, 4) is 0 Å². The summed E-state index contributed by atoms with van der Waals surface area (Å²) in [5, 5.41) is 4.48. The van der Waals surface area contributed by atoms with E-state index >= 15 is 0 Å². The van der Waals surface area contributed by atoms with Crippen molar-refractivity contribution in [3.05, 3.63) is 16.5 Å². The van der Waals surface area contributed by atoms with Crippen LogP contribution in [0.5, 0.6) is 0 Å². The molecule has 1 amide bonds. The van der Waals surface area contributed by atoms with Crippen molar-refractivity contribution >= 4 is 37.0 Å². The topological polar surface area (TPSA) is 72.5 Å². The molecular weight excluding hydrogens is 334 g/mol. The number of thiophene rings is 1. The minimum atomic E-state index is -3.81. The van der Waals surface area contributed by atoms with Gasteiger partial charge >= 0.3 is 0 Å². The van der Waals surface area contributed by atoms with Crippen molar-refractivity contribution in [2.75, 3.05) is 6.61 Å².